The number of thiophene rings is 1. The summed E-state index contributed by atoms with van der Waals surface area (Å²) < 4.78 is 0. The number of hydrogen-bond acceptors (Lipinski definition) is 6. The highest BCUT2D eigenvalue weighted by atomic mass is 32.1. The molecular weight excluding hydrogens is 390 g/mol. The average Bonchev–Trinajstić information content (AvgIpc) is 3.23. The van der Waals surface area contributed by atoms with Crippen LogP contribution in [0, 0.1) is 0 Å². The van der Waals surface area contributed by atoms with Crippen LogP contribution in [0.2, 0.25) is 0 Å². The molecule has 0 bridgehead atoms. The number of aryl methyl sites for hydroxylation is 3. The Morgan fingerprint density at radius 1 is 1.11 bits per heavy atom. The van der Waals surface area contributed by atoms with Gasteiger partial charge in [-0.3, -0.25) is 4.79 Å². The lowest BCUT2D eigenvalue weighted by Crippen LogP contribution is -2.46. The van der Waals surface area contributed by atoms with Crippen molar-refractivity contribution in [3.05, 3.63) is 33.0 Å². The van der Waals surface area contributed by atoms with Crippen molar-refractivity contribution >= 4 is 45.8 Å². The SMILES string of the molecule is CC(=O)Nc1nc(CCc2cc(CCCNC(=O)NNC(=O)O)cs2)cs1. The molecule has 0 spiro atoms. The van der Waals surface area contributed by atoms with Crippen LogP contribution in [0.3, 0.4) is 0 Å². The highest BCUT2D eigenvalue weighted by molar-refractivity contribution is 7.14. The molecule has 0 saturated heterocycles. The number of nitrogens with zero attached hydrogens (tertiary/aromatic N) is 1. The number of carbonyl (C=O) groups excluding carboxylic acids is 2. The maximum Gasteiger partial charge on any atom is 0.423 e. The fourth-order valence-corrected chi connectivity index (χ4v) is 3.94. The topological polar surface area (TPSA) is 132 Å². The molecule has 5 N–H and O–H groups in total. The molecule has 146 valence electrons. The Kier molecular flexibility index (Phi) is 8.01. The van der Waals surface area contributed by atoms with Gasteiger partial charge in [-0.15, -0.1) is 22.7 Å². The fourth-order valence-electron chi connectivity index (χ4n) is 2.22. The first-order chi connectivity index (χ1) is 12.9. The number of hydrogen-bond donors (Lipinski definition) is 5. The third-order valence-electron chi connectivity index (χ3n) is 3.38. The van der Waals surface area contributed by atoms with Crippen LogP contribution in [0.1, 0.15) is 29.5 Å². The van der Waals surface area contributed by atoms with E-state index < -0.39 is 12.1 Å². The smallest absolute Gasteiger partial charge is 0.423 e. The summed E-state index contributed by atoms with van der Waals surface area (Å²) in [7, 11) is 0. The van der Waals surface area contributed by atoms with Crippen LogP contribution in [0.25, 0.3) is 0 Å². The fraction of sp³-hybridized carbons (Fsp3) is 0.375. The normalized spacial score (nSPS) is 10.3. The first-order valence-corrected chi connectivity index (χ1v) is 9.99. The average molecular weight is 412 g/mol. The number of nitrogens with one attached hydrogen (secondary N) is 4. The predicted molar refractivity (Wildman–Crippen MR) is 104 cm³/mol. The van der Waals surface area contributed by atoms with Crippen LogP contribution in [-0.4, -0.2) is 34.7 Å². The molecule has 0 radical (unpaired) electrons. The highest BCUT2D eigenvalue weighted by Crippen LogP contribution is 2.20. The van der Waals surface area contributed by atoms with E-state index in [1.165, 1.54) is 28.7 Å². The number of thiazole rings is 1. The van der Waals surface area contributed by atoms with Crippen molar-refractivity contribution in [3.8, 4) is 0 Å². The zero-order chi connectivity index (χ0) is 19.6. The molecule has 0 aliphatic carbocycles. The molecule has 0 aliphatic heterocycles. The second-order valence-corrected chi connectivity index (χ2v) is 7.51. The molecule has 4 amide bonds. The molecule has 0 saturated carbocycles. The lowest BCUT2D eigenvalue weighted by Gasteiger charge is -2.06. The van der Waals surface area contributed by atoms with Gasteiger partial charge in [0.2, 0.25) is 5.91 Å². The summed E-state index contributed by atoms with van der Waals surface area (Å²) in [6.07, 6.45) is 1.96. The van der Waals surface area contributed by atoms with E-state index in [-0.39, 0.29) is 5.91 Å². The number of amides is 4. The zero-order valence-electron chi connectivity index (χ0n) is 14.7. The number of hydrazine groups is 1. The first kappa shape index (κ1) is 20.6. The van der Waals surface area contributed by atoms with Crippen molar-refractivity contribution in [1.82, 2.24) is 21.2 Å². The second-order valence-electron chi connectivity index (χ2n) is 5.66. The maximum atomic E-state index is 11.3. The van der Waals surface area contributed by atoms with Crippen molar-refractivity contribution < 1.29 is 19.5 Å². The van der Waals surface area contributed by atoms with Gasteiger partial charge < -0.3 is 15.7 Å². The number of carboxylic acid groups (broad SMARTS) is 1. The Balaban J connectivity index is 1.66. The van der Waals surface area contributed by atoms with Crippen LogP contribution >= 0.6 is 22.7 Å². The van der Waals surface area contributed by atoms with E-state index in [0.717, 1.165) is 31.4 Å². The largest absolute Gasteiger partial charge is 0.464 e. The summed E-state index contributed by atoms with van der Waals surface area (Å²) in [5.41, 5.74) is 5.95. The summed E-state index contributed by atoms with van der Waals surface area (Å²) in [4.78, 5) is 38.2. The molecule has 9 nitrogen and oxygen atoms in total. The van der Waals surface area contributed by atoms with Gasteiger partial charge in [0.15, 0.2) is 5.13 Å². The van der Waals surface area contributed by atoms with Crippen LogP contribution < -0.4 is 21.5 Å². The van der Waals surface area contributed by atoms with Gasteiger partial charge in [-0.05, 0) is 42.7 Å². The summed E-state index contributed by atoms with van der Waals surface area (Å²) in [6.45, 7) is 1.91. The van der Waals surface area contributed by atoms with E-state index in [1.54, 1.807) is 16.8 Å². The Hall–Kier alpha value is -2.66. The van der Waals surface area contributed by atoms with E-state index >= 15 is 0 Å². The molecule has 27 heavy (non-hydrogen) atoms. The Labute approximate surface area is 164 Å². The summed E-state index contributed by atoms with van der Waals surface area (Å²) >= 11 is 3.12. The van der Waals surface area contributed by atoms with Gasteiger partial charge in [-0.25, -0.2) is 25.4 Å². The van der Waals surface area contributed by atoms with Crippen LogP contribution in [-0.2, 0) is 24.1 Å². The van der Waals surface area contributed by atoms with Crippen molar-refractivity contribution in [2.24, 2.45) is 0 Å². The van der Waals surface area contributed by atoms with E-state index in [2.05, 4.69) is 27.1 Å². The molecule has 2 aromatic heterocycles. The van der Waals surface area contributed by atoms with E-state index in [4.69, 9.17) is 5.11 Å². The third-order valence-corrected chi connectivity index (χ3v) is 5.23. The minimum Gasteiger partial charge on any atom is -0.464 e. The Bertz CT molecular complexity index is 789. The minimum atomic E-state index is -1.32. The number of aromatic nitrogens is 1. The molecule has 0 unspecified atom stereocenters. The molecule has 0 fully saturated rings. The zero-order valence-corrected chi connectivity index (χ0v) is 16.3. The highest BCUT2D eigenvalue weighted by Gasteiger charge is 2.06. The molecule has 2 aromatic rings. The molecule has 11 heteroatoms. The molecule has 2 rings (SSSR count). The van der Waals surface area contributed by atoms with E-state index in [9.17, 15) is 14.4 Å². The minimum absolute atomic E-state index is 0.121. The van der Waals surface area contributed by atoms with Crippen LogP contribution in [0.5, 0.6) is 0 Å². The molecule has 0 aliphatic rings. The quantitative estimate of drug-likeness (QED) is 0.336. The first-order valence-electron chi connectivity index (χ1n) is 8.23. The van der Waals surface area contributed by atoms with Gasteiger partial charge >= 0.3 is 12.1 Å². The number of rotatable bonds is 8. The van der Waals surface area contributed by atoms with E-state index in [1.807, 2.05) is 10.8 Å². The maximum absolute atomic E-state index is 11.3. The Morgan fingerprint density at radius 3 is 2.67 bits per heavy atom. The van der Waals surface area contributed by atoms with Gasteiger partial charge in [0.1, 0.15) is 0 Å². The molecule has 0 atom stereocenters. The van der Waals surface area contributed by atoms with E-state index in [0.29, 0.717) is 11.7 Å². The Morgan fingerprint density at radius 2 is 1.93 bits per heavy atom. The summed E-state index contributed by atoms with van der Waals surface area (Å²) in [6, 6.07) is 1.57. The second kappa shape index (κ2) is 10.5. The van der Waals surface area contributed by atoms with Crippen molar-refractivity contribution in [3.63, 3.8) is 0 Å². The number of urea groups is 1. The van der Waals surface area contributed by atoms with Gasteiger partial charge in [0.25, 0.3) is 0 Å². The van der Waals surface area contributed by atoms with Crippen molar-refractivity contribution in [2.45, 2.75) is 32.6 Å². The monoisotopic (exact) mass is 411 g/mol. The van der Waals surface area contributed by atoms with Crippen molar-refractivity contribution in [1.29, 1.82) is 0 Å². The van der Waals surface area contributed by atoms with Gasteiger partial charge in [0, 0.05) is 23.7 Å². The van der Waals surface area contributed by atoms with Crippen molar-refractivity contribution in [2.75, 3.05) is 11.9 Å². The summed E-state index contributed by atoms with van der Waals surface area (Å²) in [5, 5.41) is 18.3. The number of carbonyl (C=O) groups is 3. The molecule has 2 heterocycles. The lowest BCUT2D eigenvalue weighted by molar-refractivity contribution is -0.114. The number of anilines is 1. The molecule has 0 aromatic carbocycles. The standard InChI is InChI=1S/C16H21N5O4S2/c1-10(22)18-15-19-12(9-27-15)4-5-13-7-11(8-26-13)3-2-6-17-14(23)20-21-16(24)25/h7-9,21H,2-6H2,1H3,(H,24,25)(H2,17,20,23)(H,18,19,22). The van der Waals surface area contributed by atoms with Gasteiger partial charge in [-0.2, -0.15) is 0 Å². The van der Waals surface area contributed by atoms with Gasteiger partial charge in [0.05, 0.1) is 5.69 Å². The summed E-state index contributed by atoms with van der Waals surface area (Å²) in [5.74, 6) is -0.121. The van der Waals surface area contributed by atoms with Crippen LogP contribution in [0.15, 0.2) is 16.8 Å². The van der Waals surface area contributed by atoms with Crippen LogP contribution in [0.4, 0.5) is 14.7 Å². The lowest BCUT2D eigenvalue weighted by atomic mass is 10.1. The molecular formula is C16H21N5O4S2. The predicted octanol–water partition coefficient (Wildman–Crippen LogP) is 2.36. The third kappa shape index (κ3) is 8.05. The van der Waals surface area contributed by atoms with Gasteiger partial charge in [-0.1, -0.05) is 0 Å².